The van der Waals surface area contributed by atoms with E-state index in [-0.39, 0.29) is 22.8 Å². The zero-order valence-electron chi connectivity index (χ0n) is 23.1. The Hall–Kier alpha value is -2.57. The molecule has 2 aromatic carbocycles. The van der Waals surface area contributed by atoms with Crippen molar-refractivity contribution in [1.29, 1.82) is 0 Å². The molecule has 2 fully saturated rings. The minimum absolute atomic E-state index is 0.0365. The van der Waals surface area contributed by atoms with E-state index in [0.29, 0.717) is 18.9 Å². The van der Waals surface area contributed by atoms with Crippen molar-refractivity contribution in [3.8, 4) is 11.5 Å². The Balaban J connectivity index is 1.47. The Bertz CT molecular complexity index is 1070. The summed E-state index contributed by atoms with van der Waals surface area (Å²) < 4.78 is 10.8. The standard InChI is InChI=1S/C31H44N2O4/c1-29(2)19-27(32-21-23-8-6-7-9-25(23)37-5)31(17-16-30(3,35)18-26(29)31)15-14-28(34)33-20-22-10-12-24(36-4)13-11-22/h6-13,26-27,32,35H,14-21H2,1-5H3,(H,33,34)/t26-,27-,30-,31-/m0/s1. The molecule has 37 heavy (non-hydrogen) atoms. The maximum absolute atomic E-state index is 13.0. The average molecular weight is 509 g/mol. The van der Waals surface area contributed by atoms with Gasteiger partial charge in [0.1, 0.15) is 11.5 Å². The van der Waals surface area contributed by atoms with Gasteiger partial charge in [-0.2, -0.15) is 0 Å². The highest BCUT2D eigenvalue weighted by molar-refractivity contribution is 5.76. The first kappa shape index (κ1) is 27.5. The Morgan fingerprint density at radius 3 is 2.41 bits per heavy atom. The van der Waals surface area contributed by atoms with Crippen molar-refractivity contribution in [2.24, 2.45) is 16.7 Å². The number of carbonyl (C=O) groups excluding carboxylic acids is 1. The Labute approximate surface area is 222 Å². The summed E-state index contributed by atoms with van der Waals surface area (Å²) in [6.07, 6.45) is 4.78. The van der Waals surface area contributed by atoms with Crippen molar-refractivity contribution in [1.82, 2.24) is 10.6 Å². The van der Waals surface area contributed by atoms with Crippen LogP contribution in [0.3, 0.4) is 0 Å². The second-order valence-electron chi connectivity index (χ2n) is 12.0. The van der Waals surface area contributed by atoms with E-state index in [1.165, 1.54) is 0 Å². The summed E-state index contributed by atoms with van der Waals surface area (Å²) in [7, 11) is 3.36. The fourth-order valence-electron chi connectivity index (χ4n) is 6.97. The van der Waals surface area contributed by atoms with Gasteiger partial charge in [0.2, 0.25) is 5.91 Å². The minimum atomic E-state index is -0.653. The van der Waals surface area contributed by atoms with Crippen LogP contribution in [-0.2, 0) is 17.9 Å². The highest BCUT2D eigenvalue weighted by Crippen LogP contribution is 2.63. The maximum Gasteiger partial charge on any atom is 0.220 e. The molecule has 2 saturated carbocycles. The molecule has 0 radical (unpaired) electrons. The zero-order valence-corrected chi connectivity index (χ0v) is 23.1. The molecule has 1 amide bonds. The van der Waals surface area contributed by atoms with Gasteiger partial charge in [-0.15, -0.1) is 0 Å². The lowest BCUT2D eigenvalue weighted by atomic mass is 9.57. The second kappa shape index (κ2) is 11.0. The Morgan fingerprint density at radius 2 is 1.70 bits per heavy atom. The molecular weight excluding hydrogens is 464 g/mol. The summed E-state index contributed by atoms with van der Waals surface area (Å²) in [6.45, 7) is 7.88. The fourth-order valence-corrected chi connectivity index (χ4v) is 6.97. The number of hydrogen-bond donors (Lipinski definition) is 3. The molecule has 0 aliphatic heterocycles. The van der Waals surface area contributed by atoms with E-state index >= 15 is 0 Å². The van der Waals surface area contributed by atoms with Gasteiger partial charge in [-0.3, -0.25) is 4.79 Å². The molecule has 0 heterocycles. The molecule has 202 valence electrons. The topological polar surface area (TPSA) is 79.8 Å². The van der Waals surface area contributed by atoms with Crippen LogP contribution in [-0.4, -0.2) is 36.9 Å². The molecule has 0 aromatic heterocycles. The minimum Gasteiger partial charge on any atom is -0.497 e. The van der Waals surface area contributed by atoms with E-state index in [0.717, 1.165) is 61.3 Å². The third-order valence-electron chi connectivity index (χ3n) is 9.03. The lowest BCUT2D eigenvalue weighted by Crippen LogP contribution is -2.51. The Kier molecular flexibility index (Phi) is 8.20. The van der Waals surface area contributed by atoms with Crippen LogP contribution in [0.5, 0.6) is 11.5 Å². The van der Waals surface area contributed by atoms with Crippen LogP contribution in [0, 0.1) is 16.7 Å². The molecule has 6 heteroatoms. The van der Waals surface area contributed by atoms with Gasteiger partial charge in [0.05, 0.1) is 19.8 Å². The summed E-state index contributed by atoms with van der Waals surface area (Å²) in [5.41, 5.74) is 1.58. The molecular formula is C31H44N2O4. The summed E-state index contributed by atoms with van der Waals surface area (Å²) in [5, 5.41) is 18.0. The largest absolute Gasteiger partial charge is 0.497 e. The first-order valence-corrected chi connectivity index (χ1v) is 13.6. The van der Waals surface area contributed by atoms with Crippen molar-refractivity contribution in [2.45, 2.75) is 84.0 Å². The van der Waals surface area contributed by atoms with Crippen molar-refractivity contribution >= 4 is 5.91 Å². The Morgan fingerprint density at radius 1 is 0.973 bits per heavy atom. The van der Waals surface area contributed by atoms with Gasteiger partial charge in [0.25, 0.3) is 0 Å². The van der Waals surface area contributed by atoms with Gasteiger partial charge >= 0.3 is 0 Å². The third kappa shape index (κ3) is 6.12. The molecule has 6 nitrogen and oxygen atoms in total. The van der Waals surface area contributed by atoms with E-state index in [2.05, 4.69) is 30.5 Å². The molecule has 3 N–H and O–H groups in total. The number of nitrogens with one attached hydrogen (secondary N) is 2. The molecule has 4 atom stereocenters. The quantitative estimate of drug-likeness (QED) is 0.410. The molecule has 0 unspecified atom stereocenters. The number of aliphatic hydroxyl groups is 1. The summed E-state index contributed by atoms with van der Waals surface area (Å²) in [5.74, 6) is 2.12. The number of methoxy groups -OCH3 is 2. The van der Waals surface area contributed by atoms with E-state index < -0.39 is 5.60 Å². The molecule has 2 aliphatic rings. The second-order valence-corrected chi connectivity index (χ2v) is 12.0. The van der Waals surface area contributed by atoms with Crippen LogP contribution < -0.4 is 20.1 Å². The van der Waals surface area contributed by atoms with E-state index in [9.17, 15) is 9.90 Å². The van der Waals surface area contributed by atoms with Crippen LogP contribution in [0.25, 0.3) is 0 Å². The highest BCUT2D eigenvalue weighted by Gasteiger charge is 2.61. The molecule has 0 saturated heterocycles. The first-order valence-electron chi connectivity index (χ1n) is 13.6. The fraction of sp³-hybridized carbons (Fsp3) is 0.581. The SMILES string of the molecule is COc1ccc(CNC(=O)CC[C@]23CC[C@](C)(O)C[C@H]2C(C)(C)C[C@@H]3NCc2ccccc2OC)cc1. The van der Waals surface area contributed by atoms with Crippen LogP contribution in [0.1, 0.15) is 70.4 Å². The van der Waals surface area contributed by atoms with Crippen LogP contribution >= 0.6 is 0 Å². The van der Waals surface area contributed by atoms with E-state index in [1.807, 2.05) is 49.4 Å². The van der Waals surface area contributed by atoms with Gasteiger partial charge in [-0.25, -0.2) is 0 Å². The van der Waals surface area contributed by atoms with E-state index in [4.69, 9.17) is 9.47 Å². The van der Waals surface area contributed by atoms with Crippen molar-refractivity contribution < 1.29 is 19.4 Å². The number of carbonyl (C=O) groups is 1. The normalized spacial score (nSPS) is 28.4. The van der Waals surface area contributed by atoms with Crippen molar-refractivity contribution in [3.63, 3.8) is 0 Å². The monoisotopic (exact) mass is 508 g/mol. The van der Waals surface area contributed by atoms with Gasteiger partial charge in [0, 0.05) is 31.1 Å². The molecule has 0 bridgehead atoms. The molecule has 2 aromatic rings. The van der Waals surface area contributed by atoms with Gasteiger partial charge in [-0.1, -0.05) is 44.2 Å². The van der Waals surface area contributed by atoms with Gasteiger partial charge in [-0.05, 0) is 79.5 Å². The number of benzene rings is 2. The van der Waals surface area contributed by atoms with Crippen LogP contribution in [0.4, 0.5) is 0 Å². The number of para-hydroxylation sites is 1. The van der Waals surface area contributed by atoms with Gasteiger partial charge in [0.15, 0.2) is 0 Å². The van der Waals surface area contributed by atoms with Crippen molar-refractivity contribution in [2.75, 3.05) is 14.2 Å². The highest BCUT2D eigenvalue weighted by atomic mass is 16.5. The lowest BCUT2D eigenvalue weighted by molar-refractivity contribution is -0.123. The summed E-state index contributed by atoms with van der Waals surface area (Å²) in [6, 6.07) is 16.2. The van der Waals surface area contributed by atoms with Crippen LogP contribution in [0.15, 0.2) is 48.5 Å². The van der Waals surface area contributed by atoms with Crippen LogP contribution in [0.2, 0.25) is 0 Å². The smallest absolute Gasteiger partial charge is 0.220 e. The zero-order chi connectivity index (χ0) is 26.7. The number of ether oxygens (including phenoxy) is 2. The number of fused-ring (bicyclic) bond motifs is 1. The lowest BCUT2D eigenvalue weighted by Gasteiger charge is -2.51. The molecule has 0 spiro atoms. The average Bonchev–Trinajstić information content (AvgIpc) is 3.10. The molecule has 4 rings (SSSR count). The summed E-state index contributed by atoms with van der Waals surface area (Å²) >= 11 is 0. The maximum atomic E-state index is 13.0. The molecule has 2 aliphatic carbocycles. The van der Waals surface area contributed by atoms with Gasteiger partial charge < -0.3 is 25.2 Å². The number of amides is 1. The number of rotatable bonds is 10. The van der Waals surface area contributed by atoms with E-state index in [1.54, 1.807) is 14.2 Å². The van der Waals surface area contributed by atoms with Crippen molar-refractivity contribution in [3.05, 3.63) is 59.7 Å². The first-order chi connectivity index (χ1) is 17.6. The summed E-state index contributed by atoms with van der Waals surface area (Å²) in [4.78, 5) is 13.0. The predicted octanol–water partition coefficient (Wildman–Crippen LogP) is 5.23. The number of hydrogen-bond acceptors (Lipinski definition) is 5. The predicted molar refractivity (Wildman–Crippen MR) is 146 cm³/mol. The third-order valence-corrected chi connectivity index (χ3v) is 9.03.